The highest BCUT2D eigenvalue weighted by molar-refractivity contribution is 5.95. The number of anilines is 1. The summed E-state index contributed by atoms with van der Waals surface area (Å²) in [4.78, 5) is 15.9. The molecule has 1 aromatic rings. The summed E-state index contributed by atoms with van der Waals surface area (Å²) in [5.74, 6) is -0.172. The number of pyridine rings is 1. The van der Waals surface area contributed by atoms with E-state index in [-0.39, 0.29) is 12.0 Å². The molecule has 5 heteroatoms. The molecule has 0 aliphatic heterocycles. The molecule has 0 aliphatic carbocycles. The molecule has 17 heavy (non-hydrogen) atoms. The van der Waals surface area contributed by atoms with E-state index < -0.39 is 0 Å². The first-order chi connectivity index (χ1) is 8.04. The lowest BCUT2D eigenvalue weighted by Gasteiger charge is -2.13. The Morgan fingerprint density at radius 1 is 1.65 bits per heavy atom. The fraction of sp³-hybridized carbons (Fsp3) is 0.500. The van der Waals surface area contributed by atoms with Gasteiger partial charge in [-0.2, -0.15) is 0 Å². The van der Waals surface area contributed by atoms with Crippen molar-refractivity contribution in [2.24, 2.45) is 0 Å². The fourth-order valence-electron chi connectivity index (χ4n) is 1.45. The SMILES string of the molecule is CCOC(C)CNC(=O)c1cc(N)cnc1C. The number of rotatable bonds is 5. The van der Waals surface area contributed by atoms with E-state index in [9.17, 15) is 4.79 Å². The number of amides is 1. The molecule has 1 atom stereocenters. The zero-order valence-corrected chi connectivity index (χ0v) is 10.5. The lowest BCUT2D eigenvalue weighted by Crippen LogP contribution is -2.32. The number of carbonyl (C=O) groups is 1. The average Bonchev–Trinajstić information content (AvgIpc) is 2.29. The highest BCUT2D eigenvalue weighted by Gasteiger charge is 2.11. The normalized spacial score (nSPS) is 12.2. The van der Waals surface area contributed by atoms with Crippen molar-refractivity contribution in [1.82, 2.24) is 10.3 Å². The van der Waals surface area contributed by atoms with Crippen LogP contribution in [-0.4, -0.2) is 30.1 Å². The third-order valence-corrected chi connectivity index (χ3v) is 2.35. The van der Waals surface area contributed by atoms with Crippen LogP contribution in [0.4, 0.5) is 5.69 Å². The molecule has 0 bridgehead atoms. The quantitative estimate of drug-likeness (QED) is 0.804. The van der Waals surface area contributed by atoms with E-state index in [0.717, 1.165) is 0 Å². The molecule has 0 aromatic carbocycles. The van der Waals surface area contributed by atoms with Crippen LogP contribution in [0, 0.1) is 6.92 Å². The Labute approximate surface area is 101 Å². The Kier molecular flexibility index (Phi) is 4.90. The number of ether oxygens (including phenoxy) is 1. The van der Waals surface area contributed by atoms with Gasteiger partial charge < -0.3 is 15.8 Å². The summed E-state index contributed by atoms with van der Waals surface area (Å²) >= 11 is 0. The number of hydrogen-bond donors (Lipinski definition) is 2. The third kappa shape index (κ3) is 4.03. The number of nitrogens with one attached hydrogen (secondary N) is 1. The summed E-state index contributed by atoms with van der Waals surface area (Å²) in [7, 11) is 0. The summed E-state index contributed by atoms with van der Waals surface area (Å²) in [5.41, 5.74) is 7.26. The molecule has 0 fully saturated rings. The first kappa shape index (κ1) is 13.4. The Morgan fingerprint density at radius 3 is 3.00 bits per heavy atom. The lowest BCUT2D eigenvalue weighted by atomic mass is 10.2. The molecule has 0 saturated carbocycles. The molecule has 0 radical (unpaired) electrons. The van der Waals surface area contributed by atoms with Crippen molar-refractivity contribution in [3.63, 3.8) is 0 Å². The van der Waals surface area contributed by atoms with Gasteiger partial charge in [0.15, 0.2) is 0 Å². The van der Waals surface area contributed by atoms with Crippen molar-refractivity contribution in [2.75, 3.05) is 18.9 Å². The first-order valence-corrected chi connectivity index (χ1v) is 5.66. The summed E-state index contributed by atoms with van der Waals surface area (Å²) in [6, 6.07) is 1.63. The van der Waals surface area contributed by atoms with Gasteiger partial charge in [-0.05, 0) is 26.8 Å². The highest BCUT2D eigenvalue weighted by Crippen LogP contribution is 2.09. The van der Waals surface area contributed by atoms with Gasteiger partial charge in [-0.25, -0.2) is 0 Å². The minimum absolute atomic E-state index is 0.00160. The molecule has 0 saturated heterocycles. The Hall–Kier alpha value is -1.62. The van der Waals surface area contributed by atoms with E-state index in [0.29, 0.717) is 30.1 Å². The first-order valence-electron chi connectivity index (χ1n) is 5.66. The van der Waals surface area contributed by atoms with Crippen LogP contribution in [-0.2, 0) is 4.74 Å². The van der Waals surface area contributed by atoms with Crippen molar-refractivity contribution in [3.05, 3.63) is 23.5 Å². The molecule has 1 unspecified atom stereocenters. The molecule has 1 amide bonds. The summed E-state index contributed by atoms with van der Waals surface area (Å²) in [6.07, 6.45) is 1.54. The van der Waals surface area contributed by atoms with Crippen LogP contribution < -0.4 is 11.1 Å². The van der Waals surface area contributed by atoms with Gasteiger partial charge in [0.25, 0.3) is 5.91 Å². The molecule has 1 rings (SSSR count). The van der Waals surface area contributed by atoms with E-state index in [1.807, 2.05) is 13.8 Å². The van der Waals surface area contributed by atoms with E-state index in [1.54, 1.807) is 13.0 Å². The topological polar surface area (TPSA) is 77.2 Å². The molecule has 3 N–H and O–H groups in total. The summed E-state index contributed by atoms with van der Waals surface area (Å²) in [6.45, 7) is 6.72. The minimum atomic E-state index is -0.172. The molecule has 0 spiro atoms. The van der Waals surface area contributed by atoms with Crippen molar-refractivity contribution >= 4 is 11.6 Å². The predicted octanol–water partition coefficient (Wildman–Crippen LogP) is 1.13. The number of nitrogen functional groups attached to an aromatic ring is 1. The van der Waals surface area contributed by atoms with Gasteiger partial charge in [-0.15, -0.1) is 0 Å². The third-order valence-electron chi connectivity index (χ3n) is 2.35. The van der Waals surface area contributed by atoms with E-state index in [2.05, 4.69) is 10.3 Å². The number of nitrogens with two attached hydrogens (primary N) is 1. The second-order valence-electron chi connectivity index (χ2n) is 3.88. The van der Waals surface area contributed by atoms with E-state index >= 15 is 0 Å². The van der Waals surface area contributed by atoms with Crippen LogP contribution in [0.5, 0.6) is 0 Å². The molecule has 1 aromatic heterocycles. The summed E-state index contributed by atoms with van der Waals surface area (Å²) < 4.78 is 5.33. The van der Waals surface area contributed by atoms with Gasteiger partial charge >= 0.3 is 0 Å². The average molecular weight is 237 g/mol. The molecule has 1 heterocycles. The number of carbonyl (C=O) groups excluding carboxylic acids is 1. The number of hydrogen-bond acceptors (Lipinski definition) is 4. The van der Waals surface area contributed by atoms with Gasteiger partial charge in [-0.3, -0.25) is 9.78 Å². The summed E-state index contributed by atoms with van der Waals surface area (Å²) in [5, 5.41) is 2.79. The van der Waals surface area contributed by atoms with Gasteiger partial charge in [0.05, 0.1) is 29.2 Å². The van der Waals surface area contributed by atoms with Crippen molar-refractivity contribution in [1.29, 1.82) is 0 Å². The smallest absolute Gasteiger partial charge is 0.253 e. The van der Waals surface area contributed by atoms with Crippen molar-refractivity contribution < 1.29 is 9.53 Å². The van der Waals surface area contributed by atoms with Crippen molar-refractivity contribution in [3.8, 4) is 0 Å². The van der Waals surface area contributed by atoms with Crippen LogP contribution in [0.15, 0.2) is 12.3 Å². The monoisotopic (exact) mass is 237 g/mol. The largest absolute Gasteiger partial charge is 0.397 e. The van der Waals surface area contributed by atoms with Crippen molar-refractivity contribution in [2.45, 2.75) is 26.9 Å². The highest BCUT2D eigenvalue weighted by atomic mass is 16.5. The van der Waals surface area contributed by atoms with Gasteiger partial charge in [0.1, 0.15) is 0 Å². The maximum Gasteiger partial charge on any atom is 0.253 e. The Bertz CT molecular complexity index is 393. The second kappa shape index (κ2) is 6.20. The van der Waals surface area contributed by atoms with Gasteiger partial charge in [0.2, 0.25) is 0 Å². The molecule has 5 nitrogen and oxygen atoms in total. The lowest BCUT2D eigenvalue weighted by molar-refractivity contribution is 0.0694. The van der Waals surface area contributed by atoms with Gasteiger partial charge in [-0.1, -0.05) is 0 Å². The maximum absolute atomic E-state index is 11.9. The number of nitrogens with zero attached hydrogens (tertiary/aromatic N) is 1. The van der Waals surface area contributed by atoms with Crippen LogP contribution in [0.1, 0.15) is 29.9 Å². The predicted molar refractivity (Wildman–Crippen MR) is 66.8 cm³/mol. The minimum Gasteiger partial charge on any atom is -0.397 e. The molecular weight excluding hydrogens is 218 g/mol. The standard InChI is InChI=1S/C12H19N3O2/c1-4-17-8(2)6-15-12(16)11-5-10(13)7-14-9(11)3/h5,7-8H,4,6,13H2,1-3H3,(H,15,16). The van der Waals surface area contributed by atoms with Gasteiger partial charge in [0, 0.05) is 13.2 Å². The molecule has 0 aliphatic rings. The maximum atomic E-state index is 11.9. The molecule has 94 valence electrons. The second-order valence-corrected chi connectivity index (χ2v) is 3.88. The van der Waals surface area contributed by atoms with Crippen LogP contribution in [0.2, 0.25) is 0 Å². The molecular formula is C12H19N3O2. The van der Waals surface area contributed by atoms with Crippen LogP contribution in [0.25, 0.3) is 0 Å². The Balaban J connectivity index is 2.61. The van der Waals surface area contributed by atoms with Crippen LogP contribution >= 0.6 is 0 Å². The zero-order chi connectivity index (χ0) is 12.8. The zero-order valence-electron chi connectivity index (χ0n) is 10.5. The Morgan fingerprint density at radius 2 is 2.35 bits per heavy atom. The van der Waals surface area contributed by atoms with Crippen LogP contribution in [0.3, 0.4) is 0 Å². The van der Waals surface area contributed by atoms with E-state index in [1.165, 1.54) is 6.20 Å². The number of aromatic nitrogens is 1. The fourth-order valence-corrected chi connectivity index (χ4v) is 1.45. The van der Waals surface area contributed by atoms with E-state index in [4.69, 9.17) is 10.5 Å². The number of aryl methyl sites for hydroxylation is 1.